The average Bonchev–Trinajstić information content (AvgIpc) is 2.38. The van der Waals surface area contributed by atoms with Crippen molar-refractivity contribution < 1.29 is 9.47 Å². The monoisotopic (exact) mass is 299 g/mol. The Kier molecular flexibility index (Phi) is 4.83. The van der Waals surface area contributed by atoms with Crippen molar-refractivity contribution in [3.05, 3.63) is 28.2 Å². The number of nitrogens with one attached hydrogen (secondary N) is 1. The van der Waals surface area contributed by atoms with Gasteiger partial charge >= 0.3 is 0 Å². The Morgan fingerprint density at radius 3 is 3.12 bits per heavy atom. The van der Waals surface area contributed by atoms with Crippen LogP contribution in [-0.2, 0) is 11.3 Å². The molecule has 3 nitrogen and oxygen atoms in total. The summed E-state index contributed by atoms with van der Waals surface area (Å²) in [5, 5.41) is 3.51. The summed E-state index contributed by atoms with van der Waals surface area (Å²) in [5.74, 6) is 0.928. The SMILES string of the molecule is COc1ccc(Br)cc1CN[C@H]1CCCOC1. The number of ether oxygens (including phenoxy) is 2. The fourth-order valence-electron chi connectivity index (χ4n) is 2.04. The standard InChI is InChI=1S/C13H18BrNO2/c1-16-13-5-4-11(14)7-10(13)8-15-12-3-2-6-17-9-12/h4-5,7,12,15H,2-3,6,8-9H2,1H3/t12-/m0/s1. The van der Waals surface area contributed by atoms with Crippen LogP contribution in [0, 0.1) is 0 Å². The molecular formula is C13H18BrNO2. The molecule has 0 saturated carbocycles. The lowest BCUT2D eigenvalue weighted by molar-refractivity contribution is 0.0699. The van der Waals surface area contributed by atoms with Crippen LogP contribution in [0.5, 0.6) is 5.75 Å². The smallest absolute Gasteiger partial charge is 0.123 e. The highest BCUT2D eigenvalue weighted by Gasteiger charge is 2.13. The molecule has 1 aromatic rings. The number of hydrogen-bond acceptors (Lipinski definition) is 3. The second-order valence-corrected chi connectivity index (χ2v) is 5.17. The minimum absolute atomic E-state index is 0.465. The lowest BCUT2D eigenvalue weighted by Crippen LogP contribution is -2.36. The van der Waals surface area contributed by atoms with E-state index in [2.05, 4.69) is 27.3 Å². The molecule has 1 aliphatic heterocycles. The largest absolute Gasteiger partial charge is 0.496 e. The Hall–Kier alpha value is -0.580. The average molecular weight is 300 g/mol. The Balaban J connectivity index is 1.95. The first-order chi connectivity index (χ1) is 8.29. The van der Waals surface area contributed by atoms with E-state index in [1.54, 1.807) is 7.11 Å². The highest BCUT2D eigenvalue weighted by Crippen LogP contribution is 2.23. The minimum Gasteiger partial charge on any atom is -0.496 e. The summed E-state index contributed by atoms with van der Waals surface area (Å²) in [6.07, 6.45) is 2.34. The molecule has 4 heteroatoms. The van der Waals surface area contributed by atoms with Crippen LogP contribution in [0.2, 0.25) is 0 Å². The number of rotatable bonds is 4. The summed E-state index contributed by atoms with van der Waals surface area (Å²) in [6.45, 7) is 2.53. The zero-order valence-corrected chi connectivity index (χ0v) is 11.6. The fourth-order valence-corrected chi connectivity index (χ4v) is 2.45. The molecule has 0 bridgehead atoms. The van der Waals surface area contributed by atoms with Crippen molar-refractivity contribution in [2.24, 2.45) is 0 Å². The van der Waals surface area contributed by atoms with Crippen LogP contribution < -0.4 is 10.1 Å². The molecule has 1 heterocycles. The van der Waals surface area contributed by atoms with Gasteiger partial charge in [0.05, 0.1) is 13.7 Å². The summed E-state index contributed by atoms with van der Waals surface area (Å²) >= 11 is 3.48. The normalized spacial score (nSPS) is 20.2. The maximum Gasteiger partial charge on any atom is 0.123 e. The summed E-state index contributed by atoms with van der Waals surface area (Å²) in [6, 6.07) is 6.53. The molecule has 1 aliphatic rings. The Labute approximate surface area is 111 Å². The summed E-state index contributed by atoms with van der Waals surface area (Å²) in [7, 11) is 1.70. The topological polar surface area (TPSA) is 30.5 Å². The third kappa shape index (κ3) is 3.69. The van der Waals surface area contributed by atoms with Gasteiger partial charge in [0.1, 0.15) is 5.75 Å². The number of methoxy groups -OCH3 is 1. The molecule has 0 amide bonds. The molecular weight excluding hydrogens is 282 g/mol. The predicted octanol–water partition coefficient (Wildman–Crippen LogP) is 2.73. The van der Waals surface area contributed by atoms with E-state index in [4.69, 9.17) is 9.47 Å². The molecule has 0 radical (unpaired) electrons. The van der Waals surface area contributed by atoms with Crippen LogP contribution in [0.1, 0.15) is 18.4 Å². The zero-order chi connectivity index (χ0) is 12.1. The van der Waals surface area contributed by atoms with Crippen LogP contribution in [0.25, 0.3) is 0 Å². The molecule has 0 aromatic heterocycles. The molecule has 0 aliphatic carbocycles. The van der Waals surface area contributed by atoms with Gasteiger partial charge in [-0.2, -0.15) is 0 Å². The van der Waals surface area contributed by atoms with Crippen molar-refractivity contribution in [1.82, 2.24) is 5.32 Å². The van der Waals surface area contributed by atoms with Crippen molar-refractivity contribution in [3.8, 4) is 5.75 Å². The fraction of sp³-hybridized carbons (Fsp3) is 0.538. The number of benzene rings is 1. The number of hydrogen-bond donors (Lipinski definition) is 1. The Morgan fingerprint density at radius 2 is 2.41 bits per heavy atom. The van der Waals surface area contributed by atoms with Crippen molar-refractivity contribution in [2.45, 2.75) is 25.4 Å². The highest BCUT2D eigenvalue weighted by molar-refractivity contribution is 9.10. The van der Waals surface area contributed by atoms with Gasteiger partial charge in [-0.1, -0.05) is 15.9 Å². The van der Waals surface area contributed by atoms with E-state index in [0.717, 1.165) is 36.4 Å². The molecule has 94 valence electrons. The van der Waals surface area contributed by atoms with Gasteiger partial charge in [-0.25, -0.2) is 0 Å². The molecule has 2 rings (SSSR count). The summed E-state index contributed by atoms with van der Waals surface area (Å²) in [4.78, 5) is 0. The van der Waals surface area contributed by atoms with Gasteiger partial charge in [0, 0.05) is 29.2 Å². The number of halogens is 1. The third-order valence-electron chi connectivity index (χ3n) is 2.98. The Bertz CT molecular complexity index is 364. The van der Waals surface area contributed by atoms with Crippen LogP contribution in [0.4, 0.5) is 0 Å². The Morgan fingerprint density at radius 1 is 1.53 bits per heavy atom. The zero-order valence-electron chi connectivity index (χ0n) is 10.0. The highest BCUT2D eigenvalue weighted by atomic mass is 79.9. The molecule has 0 spiro atoms. The van der Waals surface area contributed by atoms with E-state index >= 15 is 0 Å². The van der Waals surface area contributed by atoms with Gasteiger partial charge < -0.3 is 14.8 Å². The first-order valence-electron chi connectivity index (χ1n) is 5.93. The van der Waals surface area contributed by atoms with Gasteiger partial charge in [0.2, 0.25) is 0 Å². The first-order valence-corrected chi connectivity index (χ1v) is 6.72. The molecule has 0 unspecified atom stereocenters. The molecule has 1 fully saturated rings. The van der Waals surface area contributed by atoms with Crippen LogP contribution >= 0.6 is 15.9 Å². The van der Waals surface area contributed by atoms with E-state index in [0.29, 0.717) is 6.04 Å². The van der Waals surface area contributed by atoms with Gasteiger partial charge in [-0.15, -0.1) is 0 Å². The van der Waals surface area contributed by atoms with Gasteiger partial charge in [0.25, 0.3) is 0 Å². The van der Waals surface area contributed by atoms with Gasteiger partial charge in [-0.3, -0.25) is 0 Å². The summed E-state index contributed by atoms with van der Waals surface area (Å²) in [5.41, 5.74) is 1.17. The van der Waals surface area contributed by atoms with Gasteiger partial charge in [0.15, 0.2) is 0 Å². The molecule has 1 N–H and O–H groups in total. The van der Waals surface area contributed by atoms with Gasteiger partial charge in [-0.05, 0) is 31.0 Å². The van der Waals surface area contributed by atoms with Crippen LogP contribution in [0.15, 0.2) is 22.7 Å². The van der Waals surface area contributed by atoms with E-state index in [-0.39, 0.29) is 0 Å². The predicted molar refractivity (Wildman–Crippen MR) is 71.4 cm³/mol. The second-order valence-electron chi connectivity index (χ2n) is 4.25. The first kappa shape index (κ1) is 12.9. The molecule has 1 aromatic carbocycles. The minimum atomic E-state index is 0.465. The second kappa shape index (κ2) is 6.38. The van der Waals surface area contributed by atoms with Crippen LogP contribution in [-0.4, -0.2) is 26.4 Å². The van der Waals surface area contributed by atoms with Crippen molar-refractivity contribution in [3.63, 3.8) is 0 Å². The van der Waals surface area contributed by atoms with E-state index in [1.165, 1.54) is 12.0 Å². The van der Waals surface area contributed by atoms with Crippen LogP contribution in [0.3, 0.4) is 0 Å². The maximum atomic E-state index is 5.45. The van der Waals surface area contributed by atoms with E-state index < -0.39 is 0 Å². The lowest BCUT2D eigenvalue weighted by Gasteiger charge is -2.23. The molecule has 1 saturated heterocycles. The molecule has 1 atom stereocenters. The van der Waals surface area contributed by atoms with Crippen molar-refractivity contribution in [2.75, 3.05) is 20.3 Å². The quantitative estimate of drug-likeness (QED) is 0.927. The van der Waals surface area contributed by atoms with E-state index in [9.17, 15) is 0 Å². The summed E-state index contributed by atoms with van der Waals surface area (Å²) < 4.78 is 11.9. The van der Waals surface area contributed by atoms with Crippen molar-refractivity contribution >= 4 is 15.9 Å². The third-order valence-corrected chi connectivity index (χ3v) is 3.48. The maximum absolute atomic E-state index is 5.45. The van der Waals surface area contributed by atoms with Crippen molar-refractivity contribution in [1.29, 1.82) is 0 Å². The van der Waals surface area contributed by atoms with E-state index in [1.807, 2.05) is 12.1 Å². The lowest BCUT2D eigenvalue weighted by atomic mass is 10.1. The molecule has 17 heavy (non-hydrogen) atoms.